The normalized spacial score (nSPS) is 21.5. The second-order valence-corrected chi connectivity index (χ2v) is 10.4. The molecular weight excluding hydrogens is 525 g/mol. The Morgan fingerprint density at radius 3 is 2.10 bits per heavy atom. The standard InChI is InChI=1S/C32H20FN3O5/c33-21-13-9-19(10-14-21)28(37)27-26(18-11-15-22(16-12-18)36(40)41)32(30(38)24-7-3-4-8-25(24)31(32)39)29-23-6-2-1-5-20(23)17-34-35(27)29/h1-17,26-27,29H/t26-,27+,29+/m1/s1. The van der Waals surface area contributed by atoms with Gasteiger partial charge in [0.2, 0.25) is 0 Å². The first-order valence-electron chi connectivity index (χ1n) is 13.0. The molecule has 1 aliphatic carbocycles. The Hall–Kier alpha value is -5.31. The highest BCUT2D eigenvalue weighted by Crippen LogP contribution is 2.64. The van der Waals surface area contributed by atoms with E-state index in [9.17, 15) is 28.9 Å². The lowest BCUT2D eigenvalue weighted by atomic mass is 9.63. The van der Waals surface area contributed by atoms with Gasteiger partial charge in [0.1, 0.15) is 17.3 Å². The van der Waals surface area contributed by atoms with E-state index in [-0.39, 0.29) is 22.4 Å². The number of hydrazone groups is 1. The van der Waals surface area contributed by atoms with Crippen molar-refractivity contribution in [3.05, 3.63) is 146 Å². The van der Waals surface area contributed by atoms with E-state index in [1.165, 1.54) is 53.5 Å². The van der Waals surface area contributed by atoms with Crippen LogP contribution in [0.4, 0.5) is 10.1 Å². The summed E-state index contributed by atoms with van der Waals surface area (Å²) in [5, 5.41) is 17.6. The van der Waals surface area contributed by atoms with Crippen LogP contribution in [-0.4, -0.2) is 39.5 Å². The number of nitro groups is 1. The number of carbonyl (C=O) groups excluding carboxylic acids is 3. The van der Waals surface area contributed by atoms with Crippen LogP contribution < -0.4 is 0 Å². The number of halogens is 1. The Balaban J connectivity index is 1.54. The van der Waals surface area contributed by atoms with Gasteiger partial charge in [-0.25, -0.2) is 4.39 Å². The molecule has 0 radical (unpaired) electrons. The summed E-state index contributed by atoms with van der Waals surface area (Å²) in [6.07, 6.45) is 1.60. The van der Waals surface area contributed by atoms with Gasteiger partial charge < -0.3 is 0 Å². The number of rotatable bonds is 4. The van der Waals surface area contributed by atoms with Crippen LogP contribution in [0.2, 0.25) is 0 Å². The van der Waals surface area contributed by atoms with E-state index in [1.807, 2.05) is 18.2 Å². The van der Waals surface area contributed by atoms with Crippen LogP contribution in [0.25, 0.3) is 0 Å². The van der Waals surface area contributed by atoms with E-state index in [1.54, 1.807) is 36.5 Å². The Kier molecular flexibility index (Phi) is 5.34. The number of non-ortho nitro benzene ring substituents is 1. The van der Waals surface area contributed by atoms with Crippen LogP contribution in [0.5, 0.6) is 0 Å². The van der Waals surface area contributed by atoms with Crippen molar-refractivity contribution in [1.29, 1.82) is 0 Å². The number of nitro benzene ring substituents is 1. The maximum Gasteiger partial charge on any atom is 0.269 e. The highest BCUT2D eigenvalue weighted by Gasteiger charge is 2.72. The zero-order valence-corrected chi connectivity index (χ0v) is 21.3. The molecule has 3 atom stereocenters. The summed E-state index contributed by atoms with van der Waals surface area (Å²) in [5.74, 6) is -2.91. The molecule has 41 heavy (non-hydrogen) atoms. The monoisotopic (exact) mass is 545 g/mol. The topological polar surface area (TPSA) is 110 Å². The van der Waals surface area contributed by atoms with Crippen LogP contribution in [0.15, 0.2) is 102 Å². The fraction of sp³-hybridized carbons (Fsp3) is 0.125. The number of Topliss-reactive ketones (excluding diaryl/α,β-unsaturated/α-hetero) is 3. The third-order valence-corrected chi connectivity index (χ3v) is 8.44. The van der Waals surface area contributed by atoms with Crippen LogP contribution in [0.3, 0.4) is 0 Å². The maximum atomic E-state index is 14.6. The lowest BCUT2D eigenvalue weighted by Crippen LogP contribution is -2.43. The molecule has 0 aromatic heterocycles. The summed E-state index contributed by atoms with van der Waals surface area (Å²) in [6.45, 7) is 0. The number of ketones is 3. The molecule has 200 valence electrons. The molecule has 7 rings (SSSR count). The SMILES string of the molecule is O=C(c1ccc(F)cc1)[C@@H]1[C@@H](c2ccc([N+](=O)[O-])cc2)C2(C(=O)c3ccccc3C2=O)[C@@H]2c3ccccc3C=NN12. The first-order valence-corrected chi connectivity index (χ1v) is 13.0. The van der Waals surface area contributed by atoms with Crippen molar-refractivity contribution in [2.24, 2.45) is 10.5 Å². The number of fused-ring (bicyclic) bond motifs is 5. The zero-order valence-electron chi connectivity index (χ0n) is 21.3. The molecule has 3 aliphatic rings. The first kappa shape index (κ1) is 24.7. The van der Waals surface area contributed by atoms with Crippen LogP contribution >= 0.6 is 0 Å². The molecule has 0 amide bonds. The molecule has 1 fully saturated rings. The zero-order chi connectivity index (χ0) is 28.5. The Morgan fingerprint density at radius 2 is 1.46 bits per heavy atom. The van der Waals surface area contributed by atoms with E-state index in [0.717, 1.165) is 0 Å². The average Bonchev–Trinajstić information content (AvgIpc) is 3.43. The van der Waals surface area contributed by atoms with E-state index in [0.29, 0.717) is 16.7 Å². The van der Waals surface area contributed by atoms with Crippen LogP contribution in [-0.2, 0) is 0 Å². The second kappa shape index (κ2) is 8.85. The van der Waals surface area contributed by atoms with Crippen molar-refractivity contribution in [1.82, 2.24) is 5.01 Å². The number of benzene rings is 4. The molecule has 8 nitrogen and oxygen atoms in total. The highest BCUT2D eigenvalue weighted by molar-refractivity contribution is 6.31. The van der Waals surface area contributed by atoms with E-state index in [2.05, 4.69) is 5.10 Å². The van der Waals surface area contributed by atoms with E-state index in [4.69, 9.17) is 0 Å². The molecule has 0 unspecified atom stereocenters. The lowest BCUT2D eigenvalue weighted by Gasteiger charge is -2.36. The van der Waals surface area contributed by atoms with E-state index >= 15 is 0 Å². The van der Waals surface area contributed by atoms with Gasteiger partial charge in [-0.2, -0.15) is 5.10 Å². The fourth-order valence-electron chi connectivity index (χ4n) is 6.74. The second-order valence-electron chi connectivity index (χ2n) is 10.4. The average molecular weight is 546 g/mol. The predicted octanol–water partition coefficient (Wildman–Crippen LogP) is 5.54. The van der Waals surface area contributed by atoms with E-state index < -0.39 is 51.5 Å². The van der Waals surface area contributed by atoms with Crippen molar-refractivity contribution in [2.45, 2.75) is 18.0 Å². The first-order chi connectivity index (χ1) is 19.8. The van der Waals surface area contributed by atoms with Crippen molar-refractivity contribution in [2.75, 3.05) is 0 Å². The minimum Gasteiger partial charge on any atom is -0.293 e. The van der Waals surface area contributed by atoms with Gasteiger partial charge in [-0.3, -0.25) is 29.5 Å². The quantitative estimate of drug-likeness (QED) is 0.144. The Morgan fingerprint density at radius 1 is 0.854 bits per heavy atom. The van der Waals surface area contributed by atoms with Gasteiger partial charge in [-0.05, 0) is 41.0 Å². The molecule has 1 spiro atoms. The number of hydrogen-bond acceptors (Lipinski definition) is 7. The summed E-state index contributed by atoms with van der Waals surface area (Å²) >= 11 is 0. The molecule has 2 aliphatic heterocycles. The van der Waals surface area contributed by atoms with Crippen molar-refractivity contribution in [3.8, 4) is 0 Å². The molecule has 9 heteroatoms. The van der Waals surface area contributed by atoms with Gasteiger partial charge in [-0.1, -0.05) is 60.7 Å². The smallest absolute Gasteiger partial charge is 0.269 e. The summed E-state index contributed by atoms with van der Waals surface area (Å²) in [7, 11) is 0. The summed E-state index contributed by atoms with van der Waals surface area (Å²) in [5.41, 5.74) is 0.512. The fourth-order valence-corrected chi connectivity index (χ4v) is 6.74. The maximum absolute atomic E-state index is 14.6. The van der Waals surface area contributed by atoms with Crippen LogP contribution in [0.1, 0.15) is 59.7 Å². The number of hydrogen-bond donors (Lipinski definition) is 0. The largest absolute Gasteiger partial charge is 0.293 e. The van der Waals surface area contributed by atoms with Crippen molar-refractivity contribution >= 4 is 29.3 Å². The highest BCUT2D eigenvalue weighted by atomic mass is 19.1. The summed E-state index contributed by atoms with van der Waals surface area (Å²) < 4.78 is 13.8. The molecular formula is C32H20FN3O5. The Bertz CT molecular complexity index is 1780. The number of carbonyl (C=O) groups is 3. The summed E-state index contributed by atoms with van der Waals surface area (Å²) in [4.78, 5) is 54.5. The molecule has 4 aromatic rings. The predicted molar refractivity (Wildman–Crippen MR) is 147 cm³/mol. The molecule has 0 bridgehead atoms. The van der Waals surface area contributed by atoms with Crippen molar-refractivity contribution in [3.63, 3.8) is 0 Å². The third-order valence-electron chi connectivity index (χ3n) is 8.44. The summed E-state index contributed by atoms with van der Waals surface area (Å²) in [6, 6.07) is 22.4. The minimum atomic E-state index is -1.80. The third kappa shape index (κ3) is 3.32. The number of nitrogens with zero attached hydrogens (tertiary/aromatic N) is 3. The van der Waals surface area contributed by atoms with Crippen LogP contribution in [0, 0.1) is 21.3 Å². The lowest BCUT2D eigenvalue weighted by molar-refractivity contribution is -0.384. The van der Waals surface area contributed by atoms with Gasteiger partial charge in [-0.15, -0.1) is 0 Å². The van der Waals surface area contributed by atoms with Gasteiger partial charge in [0.25, 0.3) is 5.69 Å². The molecule has 2 heterocycles. The Labute approximate surface area is 232 Å². The molecule has 0 N–H and O–H groups in total. The molecule has 4 aromatic carbocycles. The van der Waals surface area contributed by atoms with Gasteiger partial charge >= 0.3 is 0 Å². The van der Waals surface area contributed by atoms with Crippen molar-refractivity contribution < 1.29 is 23.7 Å². The van der Waals surface area contributed by atoms with Gasteiger partial charge in [0.05, 0.1) is 17.2 Å². The van der Waals surface area contributed by atoms with Gasteiger partial charge in [0, 0.05) is 34.7 Å². The molecule has 1 saturated heterocycles. The molecule has 0 saturated carbocycles. The minimum absolute atomic E-state index is 0.171. The van der Waals surface area contributed by atoms with Gasteiger partial charge in [0.15, 0.2) is 17.3 Å².